The first-order valence-electron chi connectivity index (χ1n) is 6.74. The molecule has 0 aliphatic rings. The first-order chi connectivity index (χ1) is 10.5. The molecule has 0 aliphatic carbocycles. The molecule has 1 aromatic rings. The van der Waals surface area contributed by atoms with Crippen LogP contribution in [0.1, 0.15) is 29.8 Å². The summed E-state index contributed by atoms with van der Waals surface area (Å²) in [4.78, 5) is 34.9. The maximum atomic E-state index is 12.0. The van der Waals surface area contributed by atoms with Crippen LogP contribution in [0.2, 0.25) is 0 Å². The van der Waals surface area contributed by atoms with Crippen molar-refractivity contribution >= 4 is 27.6 Å². The highest BCUT2D eigenvalue weighted by molar-refractivity contribution is 7.90. The van der Waals surface area contributed by atoms with Gasteiger partial charge in [0.25, 0.3) is 5.91 Å². The van der Waals surface area contributed by atoms with Gasteiger partial charge in [-0.25, -0.2) is 8.42 Å². The van der Waals surface area contributed by atoms with E-state index >= 15 is 0 Å². The van der Waals surface area contributed by atoms with Gasteiger partial charge in [0.1, 0.15) is 0 Å². The molecule has 0 spiro atoms. The van der Waals surface area contributed by atoms with Gasteiger partial charge in [0.05, 0.1) is 4.90 Å². The number of aryl methyl sites for hydroxylation is 1. The molecule has 9 heteroatoms. The molecule has 3 N–H and O–H groups in total. The highest BCUT2D eigenvalue weighted by atomic mass is 32.2. The second-order valence-electron chi connectivity index (χ2n) is 5.29. The average Bonchev–Trinajstić information content (AvgIpc) is 2.42. The third kappa shape index (κ3) is 5.37. The molecule has 8 nitrogen and oxygen atoms in total. The molecule has 3 amide bonds. The maximum Gasteiger partial charge on any atom is 0.327 e. The highest BCUT2D eigenvalue weighted by Crippen LogP contribution is 2.15. The Morgan fingerprint density at radius 1 is 1.04 bits per heavy atom. The lowest BCUT2D eigenvalue weighted by molar-refractivity contribution is -0.139. The van der Waals surface area contributed by atoms with Crippen molar-refractivity contribution in [1.82, 2.24) is 16.2 Å². The SMILES string of the molecule is Cc1ccc(S(C)(=O)=O)cc1C(=O)NNC(=O)C(=O)NC(C)C. The first-order valence-corrected chi connectivity index (χ1v) is 8.63. The van der Waals surface area contributed by atoms with E-state index in [2.05, 4.69) is 10.7 Å². The minimum Gasteiger partial charge on any atom is -0.346 e. The zero-order valence-corrected chi connectivity index (χ0v) is 14.1. The van der Waals surface area contributed by atoms with Crippen molar-refractivity contribution in [3.8, 4) is 0 Å². The minimum atomic E-state index is -3.47. The van der Waals surface area contributed by atoms with E-state index in [1.807, 2.05) is 5.43 Å². The van der Waals surface area contributed by atoms with Crippen LogP contribution in [0.25, 0.3) is 0 Å². The Kier molecular flexibility index (Phi) is 5.85. The minimum absolute atomic E-state index is 0.0165. The molecule has 0 fully saturated rings. The summed E-state index contributed by atoms with van der Waals surface area (Å²) < 4.78 is 23.0. The summed E-state index contributed by atoms with van der Waals surface area (Å²) in [7, 11) is -3.47. The Hall–Kier alpha value is -2.42. The van der Waals surface area contributed by atoms with Gasteiger partial charge in [0, 0.05) is 17.9 Å². The molecule has 23 heavy (non-hydrogen) atoms. The van der Waals surface area contributed by atoms with Gasteiger partial charge in [0.2, 0.25) is 0 Å². The van der Waals surface area contributed by atoms with E-state index in [1.54, 1.807) is 20.8 Å². The molecule has 0 aromatic heterocycles. The van der Waals surface area contributed by atoms with Crippen LogP contribution in [0.15, 0.2) is 23.1 Å². The van der Waals surface area contributed by atoms with Gasteiger partial charge < -0.3 is 5.32 Å². The number of benzene rings is 1. The van der Waals surface area contributed by atoms with Crippen molar-refractivity contribution < 1.29 is 22.8 Å². The van der Waals surface area contributed by atoms with Gasteiger partial charge >= 0.3 is 11.8 Å². The number of nitrogens with one attached hydrogen (secondary N) is 3. The zero-order chi connectivity index (χ0) is 17.8. The van der Waals surface area contributed by atoms with Crippen LogP contribution in [0, 0.1) is 6.92 Å². The molecular weight excluding hydrogens is 322 g/mol. The smallest absolute Gasteiger partial charge is 0.327 e. The fourth-order valence-electron chi connectivity index (χ4n) is 1.64. The Balaban J connectivity index is 2.83. The summed E-state index contributed by atoms with van der Waals surface area (Å²) in [5, 5.41) is 2.36. The second kappa shape index (κ2) is 7.23. The van der Waals surface area contributed by atoms with Gasteiger partial charge in [-0.15, -0.1) is 0 Å². The summed E-state index contributed by atoms with van der Waals surface area (Å²) in [6.07, 6.45) is 1.03. The van der Waals surface area contributed by atoms with Crippen molar-refractivity contribution in [3.05, 3.63) is 29.3 Å². The van der Waals surface area contributed by atoms with Crippen molar-refractivity contribution in [2.24, 2.45) is 0 Å². The number of hydrazine groups is 1. The highest BCUT2D eigenvalue weighted by Gasteiger charge is 2.18. The van der Waals surface area contributed by atoms with Crippen LogP contribution in [0.5, 0.6) is 0 Å². The van der Waals surface area contributed by atoms with Crippen molar-refractivity contribution in [2.45, 2.75) is 31.7 Å². The lowest BCUT2D eigenvalue weighted by Crippen LogP contribution is -2.49. The van der Waals surface area contributed by atoms with Crippen LogP contribution in [0.3, 0.4) is 0 Å². The van der Waals surface area contributed by atoms with E-state index in [4.69, 9.17) is 0 Å². The molecule has 1 aromatic carbocycles. The normalized spacial score (nSPS) is 11.0. The summed E-state index contributed by atoms with van der Waals surface area (Å²) >= 11 is 0. The fourth-order valence-corrected chi connectivity index (χ4v) is 2.29. The second-order valence-corrected chi connectivity index (χ2v) is 7.30. The van der Waals surface area contributed by atoms with Gasteiger partial charge in [-0.2, -0.15) is 0 Å². The fraction of sp³-hybridized carbons (Fsp3) is 0.357. The van der Waals surface area contributed by atoms with E-state index in [0.717, 1.165) is 6.26 Å². The lowest BCUT2D eigenvalue weighted by atomic mass is 10.1. The summed E-state index contributed by atoms with van der Waals surface area (Å²) in [6.45, 7) is 4.99. The van der Waals surface area contributed by atoms with Crippen LogP contribution in [0.4, 0.5) is 0 Å². The van der Waals surface area contributed by atoms with E-state index in [1.165, 1.54) is 18.2 Å². The third-order valence-corrected chi connectivity index (χ3v) is 3.91. The van der Waals surface area contributed by atoms with Crippen LogP contribution < -0.4 is 16.2 Å². The molecule has 0 heterocycles. The monoisotopic (exact) mass is 341 g/mol. The van der Waals surface area contributed by atoms with Crippen molar-refractivity contribution in [2.75, 3.05) is 6.26 Å². The van der Waals surface area contributed by atoms with Crippen LogP contribution in [-0.4, -0.2) is 38.4 Å². The Labute approximate surface area is 134 Å². The van der Waals surface area contributed by atoms with E-state index in [0.29, 0.717) is 5.56 Å². The number of sulfone groups is 1. The molecule has 0 radical (unpaired) electrons. The standard InChI is InChI=1S/C14H19N3O5S/c1-8(2)15-13(19)14(20)17-16-12(18)11-7-10(23(4,21)22)6-5-9(11)3/h5-8H,1-4H3,(H,15,19)(H,16,18)(H,17,20). The summed E-state index contributed by atoms with van der Waals surface area (Å²) in [6, 6.07) is 3.85. The predicted octanol–water partition coefficient (Wildman–Crippen LogP) is -0.316. The molecule has 0 aliphatic heterocycles. The van der Waals surface area contributed by atoms with Gasteiger partial charge in [-0.05, 0) is 38.5 Å². The number of amides is 3. The van der Waals surface area contributed by atoms with Gasteiger partial charge in [-0.3, -0.25) is 25.2 Å². The predicted molar refractivity (Wildman–Crippen MR) is 83.2 cm³/mol. The first kappa shape index (κ1) is 18.6. The number of hydrogen-bond donors (Lipinski definition) is 3. The molecule has 0 saturated carbocycles. The van der Waals surface area contributed by atoms with Crippen molar-refractivity contribution in [3.63, 3.8) is 0 Å². The Bertz CT molecular complexity index is 741. The molecule has 1 rings (SSSR count). The Morgan fingerprint density at radius 2 is 1.65 bits per heavy atom. The molecule has 0 saturated heterocycles. The van der Waals surface area contributed by atoms with E-state index in [-0.39, 0.29) is 16.5 Å². The zero-order valence-electron chi connectivity index (χ0n) is 13.3. The molecule has 0 atom stereocenters. The third-order valence-electron chi connectivity index (χ3n) is 2.80. The Morgan fingerprint density at radius 3 is 2.17 bits per heavy atom. The van der Waals surface area contributed by atoms with Gasteiger partial charge in [0.15, 0.2) is 9.84 Å². The molecule has 126 valence electrons. The van der Waals surface area contributed by atoms with Crippen LogP contribution >= 0.6 is 0 Å². The number of carbonyl (C=O) groups excluding carboxylic acids is 3. The molecular formula is C14H19N3O5S. The average molecular weight is 341 g/mol. The number of carbonyl (C=O) groups is 3. The van der Waals surface area contributed by atoms with Gasteiger partial charge in [-0.1, -0.05) is 6.07 Å². The number of hydrogen-bond acceptors (Lipinski definition) is 5. The summed E-state index contributed by atoms with van der Waals surface area (Å²) in [5.41, 5.74) is 4.65. The number of rotatable bonds is 3. The van der Waals surface area contributed by atoms with Crippen molar-refractivity contribution in [1.29, 1.82) is 0 Å². The van der Waals surface area contributed by atoms with Crippen LogP contribution in [-0.2, 0) is 19.4 Å². The van der Waals surface area contributed by atoms with E-state index in [9.17, 15) is 22.8 Å². The maximum absolute atomic E-state index is 12.0. The van der Waals surface area contributed by atoms with E-state index < -0.39 is 27.6 Å². The lowest BCUT2D eigenvalue weighted by Gasteiger charge is -2.11. The molecule has 0 bridgehead atoms. The quantitative estimate of drug-likeness (QED) is 0.514. The molecule has 0 unspecified atom stereocenters. The largest absolute Gasteiger partial charge is 0.346 e. The summed E-state index contributed by atoms with van der Waals surface area (Å²) in [5.74, 6) is -2.63. The topological polar surface area (TPSA) is 121 Å².